The van der Waals surface area contributed by atoms with E-state index in [4.69, 9.17) is 60.8 Å². The van der Waals surface area contributed by atoms with Crippen molar-refractivity contribution < 1.29 is 120 Å². The van der Waals surface area contributed by atoms with Crippen molar-refractivity contribution in [3.05, 3.63) is 105 Å². The number of anilines is 3. The van der Waals surface area contributed by atoms with Gasteiger partial charge in [0, 0.05) is 96.8 Å². The Balaban J connectivity index is 0.000000179. The summed E-state index contributed by atoms with van der Waals surface area (Å²) in [6.45, 7) is -1.99. The Bertz CT molecular complexity index is 6400. The van der Waals surface area contributed by atoms with Crippen LogP contribution in [-0.4, -0.2) is 250 Å². The number of thioether (sulfide) groups is 3. The van der Waals surface area contributed by atoms with E-state index in [-0.39, 0.29) is 61.4 Å². The lowest BCUT2D eigenvalue weighted by Gasteiger charge is -2.17. The number of nitrogens with zero attached hydrogens (tertiary/aromatic N) is 15. The summed E-state index contributed by atoms with van der Waals surface area (Å²) in [6.07, 6.45) is -53.1. The van der Waals surface area contributed by atoms with Crippen molar-refractivity contribution in [1.82, 2.24) is 74.9 Å². The third-order valence-electron chi connectivity index (χ3n) is 16.2. The van der Waals surface area contributed by atoms with Crippen LogP contribution in [0.15, 0.2) is 70.1 Å². The van der Waals surface area contributed by atoms with Gasteiger partial charge in [0.25, 0.3) is 0 Å². The summed E-state index contributed by atoms with van der Waals surface area (Å²) in [7, 11) is 0. The normalized spacial score (nSPS) is 43.9. The molecule has 6 heterocycles. The van der Waals surface area contributed by atoms with E-state index in [1.807, 2.05) is 0 Å². The number of rotatable bonds is 30. The maximum atomic E-state index is 14.4. The van der Waals surface area contributed by atoms with E-state index in [0.717, 1.165) is 0 Å². The molecule has 0 unspecified atom stereocenters. The standard InChI is InChI=1S/3C24H31FN6O4S/c3*1-3-8-36-24-27-22(26-16-10-14(16)13-5-4-12(2)15(25)9-13)19-23(28-24)31(30-29-19)17-11-18(35-7-6-32)21(34)20(17)33/h3*4-5,9,14,16-18,20-21,32-34H,3,6-8,10-11H2,1-2H3,(H,26,27,28)/t3*14-,16+,17+,18-,20-,21+/m000/s1/i7D2,8D2,10D2,11D2,17D,18D,20D,21D;6D2,8D2,10D2,11D2,17D,18D,20D,21D;8D2,10D2,11D2,17D,18D,20D,21D. The molecule has 0 amide bonds. The molecule has 36 heteroatoms. The van der Waals surface area contributed by atoms with Crippen LogP contribution in [0.2, 0.25) is 0 Å². The molecule has 9 aromatic rings. The number of fused-ring (bicyclic) bond motifs is 3. The molecule has 0 aliphatic heterocycles. The van der Waals surface area contributed by atoms with Crippen molar-refractivity contribution in [2.24, 2.45) is 0 Å². The van der Waals surface area contributed by atoms with Crippen molar-refractivity contribution in [3.8, 4) is 0 Å². The minimum atomic E-state index is -4.15. The predicted molar refractivity (Wildman–Crippen MR) is 398 cm³/mol. The summed E-state index contributed by atoms with van der Waals surface area (Å²) in [4.78, 5) is 25.2. The molecule has 108 heavy (non-hydrogen) atoms. The summed E-state index contributed by atoms with van der Waals surface area (Å²) in [6, 6.07) is -1.67. The minimum absolute atomic E-state index is 0.0294. The molecule has 6 fully saturated rings. The first-order valence-electron chi connectivity index (χ1n) is 49.8. The fourth-order valence-corrected chi connectivity index (χ4v) is 12.3. The fourth-order valence-electron chi connectivity index (χ4n) is 10.6. The van der Waals surface area contributed by atoms with E-state index < -0.39 is 259 Å². The first kappa shape index (κ1) is 46.6. The zero-order chi connectivity index (χ0) is 107. The van der Waals surface area contributed by atoms with Gasteiger partial charge in [-0.1, -0.05) is 108 Å². The van der Waals surface area contributed by atoms with Gasteiger partial charge in [-0.2, -0.15) is 0 Å². The highest BCUT2D eigenvalue weighted by molar-refractivity contribution is 7.99. The average Bonchev–Trinajstić information content (AvgIpc) is 1.52. The molecule has 582 valence electrons. The number of aryl methyl sites for hydroxylation is 3. The summed E-state index contributed by atoms with van der Waals surface area (Å²) < 4.78 is 344. The molecule has 6 aliphatic carbocycles. The monoisotopic (exact) mass is 1590 g/mol. The molecule has 0 spiro atoms. The Kier molecular flexibility index (Phi) is 15.1. The van der Waals surface area contributed by atoms with Gasteiger partial charge in [0.15, 0.2) is 66.4 Å². The van der Waals surface area contributed by atoms with Crippen LogP contribution in [0.25, 0.3) is 33.5 Å². The van der Waals surface area contributed by atoms with Crippen LogP contribution in [0.4, 0.5) is 30.6 Å². The largest absolute Gasteiger partial charge is 0.394 e. The second-order valence-electron chi connectivity index (χ2n) is 23.6. The predicted octanol–water partition coefficient (Wildman–Crippen LogP) is 6.55. The van der Waals surface area contributed by atoms with E-state index >= 15 is 0 Å². The number of halogens is 3. The number of hydrogen-bond donors (Lipinski definition) is 12. The number of aliphatic hydroxyl groups is 9. The van der Waals surface area contributed by atoms with Crippen LogP contribution < -0.4 is 16.0 Å². The van der Waals surface area contributed by atoms with E-state index in [2.05, 4.69) is 76.8 Å². The second kappa shape index (κ2) is 35.1. The number of aromatic nitrogens is 15. The third-order valence-corrected chi connectivity index (χ3v) is 18.6. The van der Waals surface area contributed by atoms with Gasteiger partial charge in [0.05, 0.1) is 97.8 Å². The summed E-state index contributed by atoms with van der Waals surface area (Å²) in [5.41, 5.74) is -7.19. The highest BCUT2D eigenvalue weighted by Crippen LogP contribution is 2.48. The molecule has 12 N–H and O–H groups in total. The molecule has 6 saturated carbocycles. The Morgan fingerprint density at radius 3 is 1.08 bits per heavy atom. The van der Waals surface area contributed by atoms with E-state index in [1.54, 1.807) is 39.0 Å². The number of nitrogens with one attached hydrogen (secondary N) is 3. The van der Waals surface area contributed by atoms with Gasteiger partial charge in [-0.05, 0) is 111 Å². The first-order valence-corrected chi connectivity index (χ1v) is 35.3. The van der Waals surface area contributed by atoms with Crippen LogP contribution in [0.3, 0.4) is 0 Å². The fraction of sp³-hybridized carbons (Fsp3) is 0.583. The van der Waals surface area contributed by atoms with Crippen LogP contribution in [0.1, 0.15) is 194 Å². The van der Waals surface area contributed by atoms with Gasteiger partial charge < -0.3 is 76.1 Å². The molecule has 3 aromatic carbocycles. The zero-order valence-electron chi connectivity index (χ0n) is 91.4. The zero-order valence-corrected chi connectivity index (χ0v) is 59.9. The highest BCUT2D eigenvalue weighted by atomic mass is 32.2. The van der Waals surface area contributed by atoms with Crippen molar-refractivity contribution in [3.63, 3.8) is 0 Å². The van der Waals surface area contributed by atoms with Crippen molar-refractivity contribution in [2.45, 2.75) is 223 Å². The maximum absolute atomic E-state index is 14.4. The molecule has 6 aromatic heterocycles. The van der Waals surface area contributed by atoms with Crippen molar-refractivity contribution in [2.75, 3.05) is 72.6 Å². The second-order valence-corrected chi connectivity index (χ2v) is 26.2. The van der Waals surface area contributed by atoms with Crippen LogP contribution in [0, 0.1) is 38.2 Å². The van der Waals surface area contributed by atoms with Gasteiger partial charge in [-0.15, -0.1) is 15.3 Å². The molecular formula is C72H93F3N18O12S3. The molecule has 0 bridgehead atoms. The summed E-state index contributed by atoms with van der Waals surface area (Å²) in [5.74, 6) is -5.28. The van der Waals surface area contributed by atoms with Crippen LogP contribution in [0.5, 0.6) is 0 Å². The average molecular weight is 1590 g/mol. The van der Waals surface area contributed by atoms with Gasteiger partial charge in [0.1, 0.15) is 53.9 Å². The lowest BCUT2D eigenvalue weighted by molar-refractivity contribution is -0.0629. The number of aliphatic hydroxyl groups excluding tert-OH is 2. The Morgan fingerprint density at radius 1 is 0.463 bits per heavy atom. The van der Waals surface area contributed by atoms with E-state index in [9.17, 15) is 59.1 Å². The minimum Gasteiger partial charge on any atom is -0.394 e. The Morgan fingerprint density at radius 2 is 0.787 bits per heavy atom. The van der Waals surface area contributed by atoms with E-state index in [0.29, 0.717) is 68.7 Å². The molecule has 6 aliphatic rings. The molecule has 18 atom stereocenters. The number of benzene rings is 3. The lowest BCUT2D eigenvalue weighted by atomic mass is 10.1. The number of hydrogen-bond acceptors (Lipinski definition) is 30. The quantitative estimate of drug-likeness (QED) is 0.0168. The topological polar surface area (TPSA) is 415 Å². The highest BCUT2D eigenvalue weighted by Gasteiger charge is 2.49. The van der Waals surface area contributed by atoms with E-state index in [1.165, 1.54) is 57.2 Å². The van der Waals surface area contributed by atoms with Crippen LogP contribution in [-0.2, 0) is 14.2 Å². The molecule has 0 radical (unpaired) electrons. The molecular weight excluding hydrogens is 1460 g/mol. The Labute approximate surface area is 681 Å². The Hall–Kier alpha value is -7.14. The van der Waals surface area contributed by atoms with Crippen molar-refractivity contribution >= 4 is 86.2 Å². The van der Waals surface area contributed by atoms with Crippen molar-refractivity contribution in [1.29, 1.82) is 0 Å². The summed E-state index contributed by atoms with van der Waals surface area (Å²) >= 11 is 1.43. The van der Waals surface area contributed by atoms with Gasteiger partial charge in [-0.3, -0.25) is 0 Å². The third kappa shape index (κ3) is 17.5. The first-order chi connectivity index (χ1) is 64.5. The lowest BCUT2D eigenvalue weighted by Crippen LogP contribution is -2.33. The van der Waals surface area contributed by atoms with Gasteiger partial charge in [0.2, 0.25) is 0 Å². The molecule has 15 rings (SSSR count). The maximum Gasteiger partial charge on any atom is 0.191 e. The summed E-state index contributed by atoms with van der Waals surface area (Å²) in [5, 5.41) is 125. The van der Waals surface area contributed by atoms with Crippen LogP contribution >= 0.6 is 35.3 Å². The molecule has 30 nitrogen and oxygen atoms in total. The van der Waals surface area contributed by atoms with Gasteiger partial charge in [-0.25, -0.2) is 57.1 Å². The smallest absolute Gasteiger partial charge is 0.191 e. The molecule has 0 saturated heterocycles. The number of ether oxygens (including phenoxy) is 3. The SMILES string of the molecule is [2H]C([2H])(CC)Sc1nc(N[C@H]2[C@H](c3ccc(C)c(F)c3)C2([2H])[2H])c2nnn([C@]3([2H])C([2H])([2H])[C@]([2H])(OCCO)[C@@]([2H])(O)[C@@]3([2H])O)c2n1.[2H]C([2H])(CO)O[C@@]1([2H])C([2H])([2H])[C@@]([2H])(n2nnc3c(N[C@H]4[C@H](c5ccc(C)c(F)c5)C4([2H])[2H])nc(SC([2H])([2H])CC)nc32)[C@]([2H])(O)[C@]1([2H])O.[2H]C([2H])(O)CO[C@@]1([2H])C([2H])([2H])[C@@]([2H])(n2nnc3c(N[C@H]4[C@H](c5ccc(C)c(F)c5)C4([2H])[2H])nc(SC([2H])([2H])CC)nc32)[C@]([2H])(O)[C@]1([2H])O. The van der Waals surface area contributed by atoms with Gasteiger partial charge >= 0.3 is 0 Å².